The maximum atomic E-state index is 12.0. The van der Waals surface area contributed by atoms with Gasteiger partial charge in [0.1, 0.15) is 6.10 Å². The summed E-state index contributed by atoms with van der Waals surface area (Å²) in [6, 6.07) is 14.4. The van der Waals surface area contributed by atoms with Gasteiger partial charge in [-0.3, -0.25) is 4.79 Å². The SMILES string of the molecule is CC(OCc1cccc(Cl)c1)C(=O)Nc1cccc(N)c1. The van der Waals surface area contributed by atoms with Crippen LogP contribution in [-0.4, -0.2) is 12.0 Å². The maximum absolute atomic E-state index is 12.0. The topological polar surface area (TPSA) is 64.3 Å². The third kappa shape index (κ3) is 4.77. The zero-order chi connectivity index (χ0) is 15.2. The van der Waals surface area contributed by atoms with E-state index in [2.05, 4.69) is 5.32 Å². The van der Waals surface area contributed by atoms with Crippen molar-refractivity contribution in [3.05, 3.63) is 59.1 Å². The van der Waals surface area contributed by atoms with Crippen LogP contribution in [-0.2, 0) is 16.1 Å². The first kappa shape index (κ1) is 15.4. The Morgan fingerprint density at radius 3 is 2.76 bits per heavy atom. The van der Waals surface area contributed by atoms with Crippen LogP contribution in [0, 0.1) is 0 Å². The fourth-order valence-corrected chi connectivity index (χ4v) is 2.00. The number of nitrogen functional groups attached to an aromatic ring is 1. The highest BCUT2D eigenvalue weighted by molar-refractivity contribution is 6.30. The van der Waals surface area contributed by atoms with Gasteiger partial charge in [-0.15, -0.1) is 0 Å². The van der Waals surface area contributed by atoms with Crippen LogP contribution in [0.2, 0.25) is 5.02 Å². The van der Waals surface area contributed by atoms with E-state index >= 15 is 0 Å². The summed E-state index contributed by atoms with van der Waals surface area (Å²) in [5, 5.41) is 3.41. The number of anilines is 2. The molecule has 0 fully saturated rings. The lowest BCUT2D eigenvalue weighted by Crippen LogP contribution is -2.27. The molecule has 2 rings (SSSR count). The Morgan fingerprint density at radius 2 is 2.05 bits per heavy atom. The van der Waals surface area contributed by atoms with Gasteiger partial charge < -0.3 is 15.8 Å². The summed E-state index contributed by atoms with van der Waals surface area (Å²) in [5.41, 5.74) is 7.84. The minimum atomic E-state index is -0.578. The van der Waals surface area contributed by atoms with E-state index in [0.717, 1.165) is 5.56 Å². The van der Waals surface area contributed by atoms with Gasteiger partial charge in [0.05, 0.1) is 6.61 Å². The molecule has 1 atom stereocenters. The normalized spacial score (nSPS) is 11.9. The average molecular weight is 305 g/mol. The second-order valence-corrected chi connectivity index (χ2v) is 5.13. The Bertz CT molecular complexity index is 631. The van der Waals surface area contributed by atoms with Crippen molar-refractivity contribution in [1.82, 2.24) is 0 Å². The summed E-state index contributed by atoms with van der Waals surface area (Å²) in [5.74, 6) is -0.220. The van der Waals surface area contributed by atoms with Crippen LogP contribution in [0.25, 0.3) is 0 Å². The zero-order valence-electron chi connectivity index (χ0n) is 11.7. The van der Waals surface area contributed by atoms with E-state index in [9.17, 15) is 4.79 Å². The molecule has 1 unspecified atom stereocenters. The number of hydrogen-bond acceptors (Lipinski definition) is 3. The molecule has 0 aliphatic carbocycles. The van der Waals surface area contributed by atoms with Crippen molar-refractivity contribution in [1.29, 1.82) is 0 Å². The fraction of sp³-hybridized carbons (Fsp3) is 0.188. The molecule has 4 nitrogen and oxygen atoms in total. The highest BCUT2D eigenvalue weighted by Gasteiger charge is 2.13. The molecule has 0 aromatic heterocycles. The lowest BCUT2D eigenvalue weighted by molar-refractivity contribution is -0.127. The summed E-state index contributed by atoms with van der Waals surface area (Å²) < 4.78 is 5.55. The summed E-state index contributed by atoms with van der Waals surface area (Å²) in [7, 11) is 0. The largest absolute Gasteiger partial charge is 0.399 e. The van der Waals surface area contributed by atoms with Gasteiger partial charge >= 0.3 is 0 Å². The number of nitrogens with two attached hydrogens (primary N) is 1. The van der Waals surface area contributed by atoms with Crippen molar-refractivity contribution in [2.45, 2.75) is 19.6 Å². The highest BCUT2D eigenvalue weighted by atomic mass is 35.5. The summed E-state index contributed by atoms with van der Waals surface area (Å²) >= 11 is 5.90. The fourth-order valence-electron chi connectivity index (χ4n) is 1.78. The van der Waals surface area contributed by atoms with Gasteiger partial charge in [-0.1, -0.05) is 29.8 Å². The first-order valence-electron chi connectivity index (χ1n) is 6.57. The molecule has 0 spiro atoms. The Kier molecular flexibility index (Phi) is 5.20. The van der Waals surface area contributed by atoms with E-state index in [1.807, 2.05) is 18.2 Å². The van der Waals surface area contributed by atoms with Crippen LogP contribution < -0.4 is 11.1 Å². The molecule has 5 heteroatoms. The van der Waals surface area contributed by atoms with Crippen LogP contribution in [0.1, 0.15) is 12.5 Å². The molecule has 0 heterocycles. The standard InChI is InChI=1S/C16H17ClN2O2/c1-11(21-10-12-4-2-5-13(17)8-12)16(20)19-15-7-3-6-14(18)9-15/h2-9,11H,10,18H2,1H3,(H,19,20). The maximum Gasteiger partial charge on any atom is 0.253 e. The highest BCUT2D eigenvalue weighted by Crippen LogP contribution is 2.14. The second kappa shape index (κ2) is 7.11. The molecule has 0 saturated carbocycles. The van der Waals surface area contributed by atoms with Gasteiger partial charge in [-0.25, -0.2) is 0 Å². The molecule has 0 aliphatic rings. The van der Waals surface area contributed by atoms with Gasteiger partial charge in [0.2, 0.25) is 0 Å². The molecular weight excluding hydrogens is 288 g/mol. The number of carbonyl (C=O) groups excluding carboxylic acids is 1. The number of carbonyl (C=O) groups is 1. The molecule has 3 N–H and O–H groups in total. The van der Waals surface area contributed by atoms with Gasteiger partial charge in [-0.05, 0) is 42.8 Å². The van der Waals surface area contributed by atoms with E-state index < -0.39 is 6.10 Å². The lowest BCUT2D eigenvalue weighted by atomic mass is 10.2. The molecule has 2 aromatic carbocycles. The molecule has 110 valence electrons. The Morgan fingerprint density at radius 1 is 1.29 bits per heavy atom. The van der Waals surface area contributed by atoms with E-state index in [4.69, 9.17) is 22.1 Å². The molecular formula is C16H17ClN2O2. The Labute approximate surface area is 128 Å². The molecule has 0 bridgehead atoms. The number of amides is 1. The number of hydrogen-bond donors (Lipinski definition) is 2. The number of ether oxygens (including phenoxy) is 1. The third-order valence-electron chi connectivity index (χ3n) is 2.91. The van der Waals surface area contributed by atoms with E-state index in [1.165, 1.54) is 0 Å². The lowest BCUT2D eigenvalue weighted by Gasteiger charge is -2.14. The monoisotopic (exact) mass is 304 g/mol. The minimum absolute atomic E-state index is 0.220. The van der Waals surface area contributed by atoms with Crippen LogP contribution in [0.3, 0.4) is 0 Å². The van der Waals surface area contributed by atoms with Crippen LogP contribution in [0.4, 0.5) is 11.4 Å². The van der Waals surface area contributed by atoms with E-state index in [-0.39, 0.29) is 5.91 Å². The second-order valence-electron chi connectivity index (χ2n) is 4.70. The van der Waals surface area contributed by atoms with Crippen molar-refractivity contribution in [3.8, 4) is 0 Å². The summed E-state index contributed by atoms with van der Waals surface area (Å²) in [4.78, 5) is 12.0. The van der Waals surface area contributed by atoms with Crippen molar-refractivity contribution in [2.24, 2.45) is 0 Å². The van der Waals surface area contributed by atoms with Crippen molar-refractivity contribution in [2.75, 3.05) is 11.1 Å². The molecule has 1 amide bonds. The minimum Gasteiger partial charge on any atom is -0.399 e. The van der Waals surface area contributed by atoms with Crippen LogP contribution in [0.15, 0.2) is 48.5 Å². The number of halogens is 1. The van der Waals surface area contributed by atoms with E-state index in [0.29, 0.717) is 23.0 Å². The number of nitrogens with one attached hydrogen (secondary N) is 1. The van der Waals surface area contributed by atoms with Crippen molar-refractivity contribution in [3.63, 3.8) is 0 Å². The summed E-state index contributed by atoms with van der Waals surface area (Å²) in [6.45, 7) is 2.03. The quantitative estimate of drug-likeness (QED) is 0.831. The number of rotatable bonds is 5. The molecule has 21 heavy (non-hydrogen) atoms. The van der Waals surface area contributed by atoms with E-state index in [1.54, 1.807) is 37.3 Å². The Hall–Kier alpha value is -2.04. The zero-order valence-corrected chi connectivity index (χ0v) is 12.4. The van der Waals surface area contributed by atoms with Gasteiger partial charge in [-0.2, -0.15) is 0 Å². The predicted octanol–water partition coefficient (Wildman–Crippen LogP) is 3.47. The Balaban J connectivity index is 1.88. The number of benzene rings is 2. The van der Waals surface area contributed by atoms with Crippen molar-refractivity contribution < 1.29 is 9.53 Å². The average Bonchev–Trinajstić information content (AvgIpc) is 2.45. The molecule has 2 aromatic rings. The van der Waals surface area contributed by atoms with Crippen LogP contribution in [0.5, 0.6) is 0 Å². The third-order valence-corrected chi connectivity index (χ3v) is 3.15. The van der Waals surface area contributed by atoms with Gasteiger partial charge in [0.25, 0.3) is 5.91 Å². The molecule has 0 radical (unpaired) electrons. The van der Waals surface area contributed by atoms with Gasteiger partial charge in [0.15, 0.2) is 0 Å². The molecule has 0 saturated heterocycles. The van der Waals surface area contributed by atoms with Crippen molar-refractivity contribution >= 4 is 28.9 Å². The predicted molar refractivity (Wildman–Crippen MR) is 85.2 cm³/mol. The first-order valence-corrected chi connectivity index (χ1v) is 6.95. The summed E-state index contributed by atoms with van der Waals surface area (Å²) in [6.07, 6.45) is -0.578. The smallest absolute Gasteiger partial charge is 0.253 e. The molecule has 0 aliphatic heterocycles. The van der Waals surface area contributed by atoms with Gasteiger partial charge in [0, 0.05) is 16.4 Å². The van der Waals surface area contributed by atoms with Crippen LogP contribution >= 0.6 is 11.6 Å². The first-order chi connectivity index (χ1) is 10.0.